The highest BCUT2D eigenvalue weighted by Crippen LogP contribution is 2.34. The minimum atomic E-state index is -4.35. The molecule has 6 heteroatoms. The number of nitrogens with zero attached hydrogens (tertiary/aromatic N) is 1. The summed E-state index contributed by atoms with van der Waals surface area (Å²) in [6, 6.07) is 3.73. The van der Waals surface area contributed by atoms with Crippen molar-refractivity contribution in [3.05, 3.63) is 35.4 Å². The molecular weight excluding hydrogens is 233 g/mol. The Kier molecular flexibility index (Phi) is 2.61. The van der Waals surface area contributed by atoms with Crippen molar-refractivity contribution in [1.82, 2.24) is 4.90 Å². The van der Waals surface area contributed by atoms with Crippen molar-refractivity contribution < 1.29 is 18.0 Å². The van der Waals surface area contributed by atoms with E-state index in [4.69, 9.17) is 5.73 Å². The molecule has 2 atom stereocenters. The molecule has 0 bridgehead atoms. The Bertz CT molecular complexity index is 429. The Labute approximate surface area is 96.0 Å². The second-order valence-corrected chi connectivity index (χ2v) is 4.04. The van der Waals surface area contributed by atoms with E-state index < -0.39 is 17.8 Å². The summed E-state index contributed by atoms with van der Waals surface area (Å²) in [4.78, 5) is 12.6. The summed E-state index contributed by atoms with van der Waals surface area (Å²) in [7, 11) is 1.58. The number of carbonyl (C=O) groups excluding carboxylic acids is 1. The monoisotopic (exact) mass is 244 g/mol. The summed E-state index contributed by atoms with van der Waals surface area (Å²) in [5, 5.41) is 0. The Hall–Kier alpha value is -1.56. The maximum Gasteiger partial charge on any atom is 0.416 e. The summed E-state index contributed by atoms with van der Waals surface area (Å²) in [6.45, 7) is 0. The summed E-state index contributed by atoms with van der Waals surface area (Å²) in [6.07, 6.45) is -4.35. The Morgan fingerprint density at radius 1 is 1.24 bits per heavy atom. The number of benzene rings is 1. The second kappa shape index (κ2) is 3.73. The molecule has 0 radical (unpaired) electrons. The molecule has 1 amide bonds. The Balaban J connectivity index is 2.22. The van der Waals surface area contributed by atoms with Gasteiger partial charge in [-0.2, -0.15) is 13.2 Å². The van der Waals surface area contributed by atoms with E-state index in [9.17, 15) is 18.0 Å². The highest BCUT2D eigenvalue weighted by Gasteiger charge is 2.43. The fourth-order valence-corrected chi connectivity index (χ4v) is 1.97. The molecule has 1 fully saturated rings. The van der Waals surface area contributed by atoms with Crippen LogP contribution in [-0.4, -0.2) is 23.9 Å². The largest absolute Gasteiger partial charge is 0.416 e. The lowest BCUT2D eigenvalue weighted by Gasteiger charge is -2.43. The third-order valence-corrected chi connectivity index (χ3v) is 2.97. The number of nitrogens with two attached hydrogens (primary N) is 1. The first-order valence-corrected chi connectivity index (χ1v) is 5.02. The number of likely N-dealkylation sites (tertiary alicyclic amines) is 1. The van der Waals surface area contributed by atoms with Gasteiger partial charge in [-0.1, -0.05) is 12.1 Å². The zero-order valence-corrected chi connectivity index (χ0v) is 9.03. The number of likely N-dealkylation sites (N-methyl/N-ethyl adjacent to an activating group) is 1. The van der Waals surface area contributed by atoms with Crippen LogP contribution in [0.2, 0.25) is 0 Å². The smallest absolute Gasteiger partial charge is 0.335 e. The van der Waals surface area contributed by atoms with Gasteiger partial charge in [0.25, 0.3) is 0 Å². The molecule has 1 saturated heterocycles. The SMILES string of the molecule is CN1C(=O)[C@H](N)[C@@H]1c1ccc(C(F)(F)F)cc1. The number of hydrogen-bond donors (Lipinski definition) is 1. The first-order chi connectivity index (χ1) is 7.82. The van der Waals surface area contributed by atoms with Crippen molar-refractivity contribution in [2.24, 2.45) is 5.73 Å². The lowest BCUT2D eigenvalue weighted by molar-refractivity contribution is -0.147. The summed E-state index contributed by atoms with van der Waals surface area (Å²) >= 11 is 0. The summed E-state index contributed by atoms with van der Waals surface area (Å²) in [5.41, 5.74) is 5.51. The predicted octanol–water partition coefficient (Wildman–Crippen LogP) is 1.55. The Morgan fingerprint density at radius 3 is 2.18 bits per heavy atom. The molecule has 2 rings (SSSR count). The van der Waals surface area contributed by atoms with Crippen LogP contribution in [0.4, 0.5) is 13.2 Å². The van der Waals surface area contributed by atoms with Crippen molar-refractivity contribution in [2.75, 3.05) is 7.05 Å². The van der Waals surface area contributed by atoms with Crippen LogP contribution in [0.25, 0.3) is 0 Å². The highest BCUT2D eigenvalue weighted by atomic mass is 19.4. The van der Waals surface area contributed by atoms with Crippen LogP contribution in [0, 0.1) is 0 Å². The second-order valence-electron chi connectivity index (χ2n) is 4.04. The van der Waals surface area contributed by atoms with Gasteiger partial charge in [0.1, 0.15) is 6.04 Å². The van der Waals surface area contributed by atoms with Gasteiger partial charge < -0.3 is 10.6 Å². The van der Waals surface area contributed by atoms with Gasteiger partial charge >= 0.3 is 6.18 Å². The van der Waals surface area contributed by atoms with Crippen molar-refractivity contribution >= 4 is 5.91 Å². The number of rotatable bonds is 1. The zero-order valence-electron chi connectivity index (χ0n) is 9.03. The molecule has 1 aromatic carbocycles. The minimum absolute atomic E-state index is 0.199. The van der Waals surface area contributed by atoms with Crippen LogP contribution < -0.4 is 5.73 Å². The average Bonchev–Trinajstić information content (AvgIpc) is 2.28. The molecule has 0 aromatic heterocycles. The molecule has 92 valence electrons. The van der Waals surface area contributed by atoms with E-state index in [1.54, 1.807) is 7.05 Å². The van der Waals surface area contributed by atoms with Crippen LogP contribution in [0.5, 0.6) is 0 Å². The van der Waals surface area contributed by atoms with Gasteiger partial charge in [-0.3, -0.25) is 4.79 Å². The summed E-state index contributed by atoms with van der Waals surface area (Å²) in [5.74, 6) is -0.199. The van der Waals surface area contributed by atoms with Gasteiger partial charge in [0.2, 0.25) is 5.91 Å². The molecular formula is C11H11F3N2O. The number of carbonyl (C=O) groups is 1. The standard InChI is InChI=1S/C11H11F3N2O/c1-16-9(8(15)10(16)17)6-2-4-7(5-3-6)11(12,13)14/h2-5,8-9H,15H2,1H3/t8-,9+/m1/s1. The third kappa shape index (κ3) is 1.88. The quantitative estimate of drug-likeness (QED) is 0.762. The van der Waals surface area contributed by atoms with Crippen LogP contribution in [0.1, 0.15) is 17.2 Å². The van der Waals surface area contributed by atoms with E-state index in [0.717, 1.165) is 12.1 Å². The molecule has 3 nitrogen and oxygen atoms in total. The number of β-lactam (4-membered cyclic amide) rings is 1. The van der Waals surface area contributed by atoms with Crippen LogP contribution in [0.15, 0.2) is 24.3 Å². The van der Waals surface area contributed by atoms with E-state index in [1.165, 1.54) is 17.0 Å². The fraction of sp³-hybridized carbons (Fsp3) is 0.364. The van der Waals surface area contributed by atoms with Crippen molar-refractivity contribution in [3.63, 3.8) is 0 Å². The third-order valence-electron chi connectivity index (χ3n) is 2.97. The van der Waals surface area contributed by atoms with E-state index in [-0.39, 0.29) is 11.9 Å². The lowest BCUT2D eigenvalue weighted by atomic mass is 9.89. The molecule has 2 N–H and O–H groups in total. The van der Waals surface area contributed by atoms with Gasteiger partial charge in [0.15, 0.2) is 0 Å². The first-order valence-electron chi connectivity index (χ1n) is 5.02. The molecule has 0 aliphatic carbocycles. The zero-order chi connectivity index (χ0) is 12.8. The maximum absolute atomic E-state index is 12.3. The number of alkyl halides is 3. The van der Waals surface area contributed by atoms with E-state index >= 15 is 0 Å². The highest BCUT2D eigenvalue weighted by molar-refractivity contribution is 5.89. The maximum atomic E-state index is 12.3. The molecule has 0 unspecified atom stereocenters. The van der Waals surface area contributed by atoms with E-state index in [1.807, 2.05) is 0 Å². The van der Waals surface area contributed by atoms with Crippen LogP contribution in [-0.2, 0) is 11.0 Å². The molecule has 1 aliphatic rings. The molecule has 17 heavy (non-hydrogen) atoms. The van der Waals surface area contributed by atoms with Crippen molar-refractivity contribution in [1.29, 1.82) is 0 Å². The minimum Gasteiger partial charge on any atom is -0.335 e. The van der Waals surface area contributed by atoms with Crippen molar-refractivity contribution in [2.45, 2.75) is 18.3 Å². The summed E-state index contributed by atoms with van der Waals surface area (Å²) < 4.78 is 37.0. The number of amides is 1. The fourth-order valence-electron chi connectivity index (χ4n) is 1.97. The molecule has 1 heterocycles. The average molecular weight is 244 g/mol. The molecule has 1 aliphatic heterocycles. The Morgan fingerprint density at radius 2 is 1.76 bits per heavy atom. The van der Waals surface area contributed by atoms with E-state index in [0.29, 0.717) is 5.56 Å². The predicted molar refractivity (Wildman–Crippen MR) is 54.9 cm³/mol. The lowest BCUT2D eigenvalue weighted by Crippen LogP contribution is -2.61. The van der Waals surface area contributed by atoms with Gasteiger partial charge in [0, 0.05) is 7.05 Å². The normalized spacial score (nSPS) is 24.8. The van der Waals surface area contributed by atoms with E-state index in [2.05, 4.69) is 0 Å². The van der Waals surface area contributed by atoms with Gasteiger partial charge in [-0.15, -0.1) is 0 Å². The molecule has 0 spiro atoms. The van der Waals surface area contributed by atoms with Gasteiger partial charge in [-0.25, -0.2) is 0 Å². The number of halogens is 3. The number of hydrogen-bond acceptors (Lipinski definition) is 2. The van der Waals surface area contributed by atoms with Gasteiger partial charge in [-0.05, 0) is 17.7 Å². The molecule has 0 saturated carbocycles. The topological polar surface area (TPSA) is 46.3 Å². The van der Waals surface area contributed by atoms with Crippen molar-refractivity contribution in [3.8, 4) is 0 Å². The van der Waals surface area contributed by atoms with Gasteiger partial charge in [0.05, 0.1) is 11.6 Å². The molecule has 1 aromatic rings. The van der Waals surface area contributed by atoms with Crippen LogP contribution in [0.3, 0.4) is 0 Å². The van der Waals surface area contributed by atoms with Crippen LogP contribution >= 0.6 is 0 Å². The first kappa shape index (κ1) is 11.9.